The number of halogens is 5. The first-order valence-electron chi connectivity index (χ1n) is 4.86. The minimum Gasteiger partial charge on any atom is -0.507 e. The van der Waals surface area contributed by atoms with Crippen molar-refractivity contribution in [2.24, 2.45) is 0 Å². The first-order valence-corrected chi connectivity index (χ1v) is 4.86. The summed E-state index contributed by atoms with van der Waals surface area (Å²) in [5.74, 6) is -6.40. The van der Waals surface area contributed by atoms with E-state index in [9.17, 15) is 27.1 Å². The number of rotatable bonds is 2. The van der Waals surface area contributed by atoms with Crippen LogP contribution in [-0.4, -0.2) is 11.3 Å². The van der Waals surface area contributed by atoms with E-state index in [1.165, 1.54) is 6.07 Å². The first kappa shape index (κ1) is 13.7. The van der Waals surface area contributed by atoms with Crippen molar-refractivity contribution in [2.75, 3.05) is 0 Å². The number of alkyl halides is 5. The Balaban J connectivity index is 3.38. The highest BCUT2D eigenvalue weighted by atomic mass is 19.4. The van der Waals surface area contributed by atoms with Gasteiger partial charge in [-0.05, 0) is 17.5 Å². The van der Waals surface area contributed by atoms with Gasteiger partial charge in [-0.15, -0.1) is 0 Å². The molecule has 0 aliphatic heterocycles. The lowest BCUT2D eigenvalue weighted by Gasteiger charge is -2.22. The third-order valence-corrected chi connectivity index (χ3v) is 2.38. The molecule has 0 heterocycles. The zero-order chi connectivity index (χ0) is 13.4. The Morgan fingerprint density at radius 2 is 1.59 bits per heavy atom. The van der Waals surface area contributed by atoms with Gasteiger partial charge < -0.3 is 5.11 Å². The summed E-state index contributed by atoms with van der Waals surface area (Å²) in [5, 5.41) is 9.48. The number of para-hydroxylation sites is 1. The molecular formula is C11H11F5O. The van der Waals surface area contributed by atoms with Crippen molar-refractivity contribution < 1.29 is 27.1 Å². The van der Waals surface area contributed by atoms with Gasteiger partial charge >= 0.3 is 12.1 Å². The first-order chi connectivity index (χ1) is 7.59. The molecule has 6 heteroatoms. The molecule has 0 radical (unpaired) electrons. The Labute approximate surface area is 94.9 Å². The van der Waals surface area contributed by atoms with Crippen LogP contribution < -0.4 is 0 Å². The van der Waals surface area contributed by atoms with Gasteiger partial charge in [0.1, 0.15) is 5.75 Å². The van der Waals surface area contributed by atoms with Crippen LogP contribution in [0.15, 0.2) is 18.2 Å². The molecule has 0 aliphatic carbocycles. The van der Waals surface area contributed by atoms with E-state index in [0.717, 1.165) is 6.07 Å². The fourth-order valence-corrected chi connectivity index (χ4v) is 1.43. The smallest absolute Gasteiger partial charge is 0.458 e. The summed E-state index contributed by atoms with van der Waals surface area (Å²) in [6.07, 6.45) is -5.72. The van der Waals surface area contributed by atoms with Crippen molar-refractivity contribution >= 4 is 0 Å². The van der Waals surface area contributed by atoms with Crippen molar-refractivity contribution in [3.63, 3.8) is 0 Å². The van der Waals surface area contributed by atoms with E-state index in [-0.39, 0.29) is 11.5 Å². The Bertz CT molecular complexity index is 409. The molecule has 1 rings (SSSR count). The van der Waals surface area contributed by atoms with Crippen LogP contribution in [0.2, 0.25) is 0 Å². The molecule has 0 bridgehead atoms. The summed E-state index contributed by atoms with van der Waals surface area (Å²) in [7, 11) is 0. The molecule has 17 heavy (non-hydrogen) atoms. The largest absolute Gasteiger partial charge is 0.507 e. The monoisotopic (exact) mass is 254 g/mol. The van der Waals surface area contributed by atoms with Crippen LogP contribution in [0.5, 0.6) is 5.75 Å². The lowest BCUT2D eigenvalue weighted by atomic mass is 9.96. The molecule has 1 aromatic rings. The predicted molar refractivity (Wildman–Crippen MR) is 52.1 cm³/mol. The van der Waals surface area contributed by atoms with Crippen LogP contribution in [-0.2, 0) is 5.92 Å². The third kappa shape index (κ3) is 2.35. The van der Waals surface area contributed by atoms with Crippen LogP contribution in [0, 0.1) is 0 Å². The van der Waals surface area contributed by atoms with Crippen LogP contribution in [0.25, 0.3) is 0 Å². The van der Waals surface area contributed by atoms with E-state index in [4.69, 9.17) is 0 Å². The molecular weight excluding hydrogens is 243 g/mol. The number of hydrogen-bond donors (Lipinski definition) is 1. The summed E-state index contributed by atoms with van der Waals surface area (Å²) in [6.45, 7) is 3.18. The Hall–Kier alpha value is -1.33. The van der Waals surface area contributed by atoms with Crippen LogP contribution in [0.3, 0.4) is 0 Å². The van der Waals surface area contributed by atoms with Crippen LogP contribution >= 0.6 is 0 Å². The Morgan fingerprint density at radius 3 is 2.00 bits per heavy atom. The van der Waals surface area contributed by atoms with E-state index < -0.39 is 23.4 Å². The molecule has 0 saturated carbocycles. The quantitative estimate of drug-likeness (QED) is 0.785. The number of benzene rings is 1. The normalized spacial score (nSPS) is 13.2. The van der Waals surface area contributed by atoms with Crippen molar-refractivity contribution in [1.29, 1.82) is 0 Å². The highest BCUT2D eigenvalue weighted by Gasteiger charge is 2.60. The van der Waals surface area contributed by atoms with Crippen molar-refractivity contribution in [3.8, 4) is 5.75 Å². The molecule has 1 N–H and O–H groups in total. The van der Waals surface area contributed by atoms with E-state index in [1.54, 1.807) is 13.8 Å². The standard InChI is InChI=1S/C11H11F5O/c1-6(2)7-4-3-5-8(9(7)17)10(12,13)11(14,15)16/h3-6,17H,1-2H3. The maximum absolute atomic E-state index is 13.1. The fourth-order valence-electron chi connectivity index (χ4n) is 1.43. The molecule has 96 valence electrons. The second-order valence-electron chi connectivity index (χ2n) is 3.97. The van der Waals surface area contributed by atoms with Gasteiger partial charge in [-0.25, -0.2) is 0 Å². The van der Waals surface area contributed by atoms with Crippen molar-refractivity contribution in [1.82, 2.24) is 0 Å². The molecule has 0 fully saturated rings. The number of hydrogen-bond acceptors (Lipinski definition) is 1. The van der Waals surface area contributed by atoms with Crippen molar-refractivity contribution in [2.45, 2.75) is 31.9 Å². The second kappa shape index (κ2) is 4.16. The van der Waals surface area contributed by atoms with Gasteiger partial charge in [0, 0.05) is 0 Å². The average molecular weight is 254 g/mol. The molecule has 0 amide bonds. The van der Waals surface area contributed by atoms with Crippen molar-refractivity contribution in [3.05, 3.63) is 29.3 Å². The Morgan fingerprint density at radius 1 is 1.06 bits per heavy atom. The molecule has 0 saturated heterocycles. The van der Waals surface area contributed by atoms with Gasteiger partial charge in [-0.1, -0.05) is 26.0 Å². The van der Waals surface area contributed by atoms with Gasteiger partial charge in [0.15, 0.2) is 0 Å². The van der Waals surface area contributed by atoms with E-state index in [0.29, 0.717) is 6.07 Å². The number of aromatic hydroxyl groups is 1. The van der Waals surface area contributed by atoms with E-state index >= 15 is 0 Å². The van der Waals surface area contributed by atoms with Gasteiger partial charge in [-0.2, -0.15) is 22.0 Å². The highest BCUT2D eigenvalue weighted by Crippen LogP contribution is 2.48. The topological polar surface area (TPSA) is 20.2 Å². The predicted octanol–water partition coefficient (Wildman–Crippen LogP) is 4.17. The van der Waals surface area contributed by atoms with Gasteiger partial charge in [0.25, 0.3) is 0 Å². The SMILES string of the molecule is CC(C)c1cccc(C(F)(F)C(F)(F)F)c1O. The second-order valence-corrected chi connectivity index (χ2v) is 3.97. The number of phenolic OH excluding ortho intramolecular Hbond substituents is 1. The van der Waals surface area contributed by atoms with E-state index in [1.807, 2.05) is 0 Å². The van der Waals surface area contributed by atoms with Crippen LogP contribution in [0.4, 0.5) is 22.0 Å². The minimum absolute atomic E-state index is 0.0615. The zero-order valence-electron chi connectivity index (χ0n) is 9.15. The third-order valence-electron chi connectivity index (χ3n) is 2.38. The molecule has 1 nitrogen and oxygen atoms in total. The van der Waals surface area contributed by atoms with Crippen LogP contribution in [0.1, 0.15) is 30.9 Å². The molecule has 0 atom stereocenters. The summed E-state index contributed by atoms with van der Waals surface area (Å²) in [5.41, 5.74) is -1.34. The maximum Gasteiger partial charge on any atom is 0.458 e. The molecule has 0 unspecified atom stereocenters. The molecule has 0 aliphatic rings. The molecule has 1 aromatic carbocycles. The highest BCUT2D eigenvalue weighted by molar-refractivity contribution is 5.44. The lowest BCUT2D eigenvalue weighted by molar-refractivity contribution is -0.289. The Kier molecular flexibility index (Phi) is 3.36. The molecule has 0 spiro atoms. The summed E-state index contributed by atoms with van der Waals surface area (Å²) in [4.78, 5) is 0. The van der Waals surface area contributed by atoms with Gasteiger partial charge in [0.2, 0.25) is 0 Å². The minimum atomic E-state index is -5.72. The van der Waals surface area contributed by atoms with Gasteiger partial charge in [0.05, 0.1) is 5.56 Å². The van der Waals surface area contributed by atoms with E-state index in [2.05, 4.69) is 0 Å². The van der Waals surface area contributed by atoms with Gasteiger partial charge in [-0.3, -0.25) is 0 Å². The number of phenols is 1. The summed E-state index contributed by atoms with van der Waals surface area (Å²) in [6, 6.07) is 2.97. The summed E-state index contributed by atoms with van der Waals surface area (Å²) < 4.78 is 62.7. The average Bonchev–Trinajstić information content (AvgIpc) is 2.15. The summed E-state index contributed by atoms with van der Waals surface area (Å²) >= 11 is 0. The lowest BCUT2D eigenvalue weighted by Crippen LogP contribution is -2.33. The fraction of sp³-hybridized carbons (Fsp3) is 0.455. The molecule has 0 aromatic heterocycles. The maximum atomic E-state index is 13.1. The zero-order valence-corrected chi connectivity index (χ0v) is 9.15.